The van der Waals surface area contributed by atoms with Gasteiger partial charge in [0.1, 0.15) is 5.65 Å². The third-order valence-corrected chi connectivity index (χ3v) is 4.73. The summed E-state index contributed by atoms with van der Waals surface area (Å²) in [5.74, 6) is -0.0736. The minimum Gasteiger partial charge on any atom is -0.356 e. The summed E-state index contributed by atoms with van der Waals surface area (Å²) in [5.41, 5.74) is 1.50. The van der Waals surface area contributed by atoms with E-state index in [1.165, 1.54) is 10.9 Å². The first-order valence-electron chi connectivity index (χ1n) is 9.33. The highest BCUT2D eigenvalue weighted by Crippen LogP contribution is 2.12. The van der Waals surface area contributed by atoms with Crippen LogP contribution in [-0.4, -0.2) is 31.6 Å². The molecule has 7 nitrogen and oxygen atoms in total. The molecule has 0 saturated heterocycles. The summed E-state index contributed by atoms with van der Waals surface area (Å²) in [6.07, 6.45) is 6.35. The molecule has 0 unspecified atom stereocenters. The van der Waals surface area contributed by atoms with Crippen LogP contribution in [0.5, 0.6) is 0 Å². The van der Waals surface area contributed by atoms with Crippen LogP contribution < -0.4 is 10.9 Å². The molecule has 0 aliphatic rings. The van der Waals surface area contributed by atoms with Gasteiger partial charge in [-0.2, -0.15) is 0 Å². The number of nitrogens with zero attached hydrogens (tertiary/aromatic N) is 4. The Kier molecular flexibility index (Phi) is 5.14. The molecule has 0 spiro atoms. The lowest BCUT2D eigenvalue weighted by Gasteiger charge is -2.08. The van der Waals surface area contributed by atoms with Crippen molar-refractivity contribution < 1.29 is 4.79 Å². The van der Waals surface area contributed by atoms with Crippen molar-refractivity contribution >= 4 is 27.8 Å². The van der Waals surface area contributed by atoms with Gasteiger partial charge in [0, 0.05) is 43.8 Å². The number of benzene rings is 1. The number of carbonyl (C=O) groups excluding carboxylic acids is 1. The molecule has 7 heteroatoms. The second-order valence-electron chi connectivity index (χ2n) is 6.64. The summed E-state index contributed by atoms with van der Waals surface area (Å²) >= 11 is 0. The lowest BCUT2D eigenvalue weighted by atomic mass is 10.2. The average Bonchev–Trinajstić information content (AvgIpc) is 3.14. The van der Waals surface area contributed by atoms with Gasteiger partial charge < -0.3 is 9.88 Å². The fourth-order valence-corrected chi connectivity index (χ4v) is 3.25. The molecule has 0 aliphatic carbocycles. The highest BCUT2D eigenvalue weighted by molar-refractivity contribution is 5.77. The van der Waals surface area contributed by atoms with Crippen molar-refractivity contribution in [2.24, 2.45) is 0 Å². The Bertz CT molecular complexity index is 1180. The SMILES string of the molecule is O=C(CCn1cnc2ccccc2c1=O)NCCCn1ccc2cccnc21. The maximum Gasteiger partial charge on any atom is 0.261 e. The second-order valence-corrected chi connectivity index (χ2v) is 6.64. The topological polar surface area (TPSA) is 81.8 Å². The van der Waals surface area contributed by atoms with Gasteiger partial charge in [0.05, 0.1) is 17.2 Å². The fourth-order valence-electron chi connectivity index (χ4n) is 3.25. The van der Waals surface area contributed by atoms with E-state index in [4.69, 9.17) is 0 Å². The van der Waals surface area contributed by atoms with Crippen molar-refractivity contribution in [3.8, 4) is 0 Å². The summed E-state index contributed by atoms with van der Waals surface area (Å²) in [4.78, 5) is 33.2. The smallest absolute Gasteiger partial charge is 0.261 e. The van der Waals surface area contributed by atoms with E-state index in [2.05, 4.69) is 19.9 Å². The van der Waals surface area contributed by atoms with Crippen molar-refractivity contribution in [3.63, 3.8) is 0 Å². The van der Waals surface area contributed by atoms with E-state index in [1.54, 1.807) is 18.3 Å². The van der Waals surface area contributed by atoms with Crippen molar-refractivity contribution in [1.82, 2.24) is 24.4 Å². The van der Waals surface area contributed by atoms with Crippen LogP contribution in [-0.2, 0) is 17.9 Å². The van der Waals surface area contributed by atoms with E-state index in [1.807, 2.05) is 36.5 Å². The summed E-state index contributed by atoms with van der Waals surface area (Å²) in [6.45, 7) is 1.68. The Labute approximate surface area is 161 Å². The van der Waals surface area contributed by atoms with Crippen LogP contribution >= 0.6 is 0 Å². The van der Waals surface area contributed by atoms with Gasteiger partial charge in [-0.05, 0) is 36.8 Å². The number of hydrogen-bond acceptors (Lipinski definition) is 4. The molecule has 0 saturated carbocycles. The normalized spacial score (nSPS) is 11.1. The first-order chi connectivity index (χ1) is 13.7. The number of rotatable bonds is 7. The van der Waals surface area contributed by atoms with E-state index in [0.717, 1.165) is 24.0 Å². The quantitative estimate of drug-likeness (QED) is 0.503. The number of fused-ring (bicyclic) bond motifs is 2. The Morgan fingerprint density at radius 2 is 1.89 bits per heavy atom. The molecule has 0 bridgehead atoms. The monoisotopic (exact) mass is 375 g/mol. The predicted octanol–water partition coefficient (Wildman–Crippen LogP) is 2.34. The molecule has 1 amide bonds. The maximum absolute atomic E-state index is 12.4. The lowest BCUT2D eigenvalue weighted by Crippen LogP contribution is -2.28. The first kappa shape index (κ1) is 17.9. The molecule has 0 aliphatic heterocycles. The summed E-state index contributed by atoms with van der Waals surface area (Å²) in [7, 11) is 0. The number of hydrogen-bond donors (Lipinski definition) is 1. The lowest BCUT2D eigenvalue weighted by molar-refractivity contribution is -0.121. The van der Waals surface area contributed by atoms with Gasteiger partial charge in [-0.3, -0.25) is 14.2 Å². The third kappa shape index (κ3) is 3.78. The number of amides is 1. The van der Waals surface area contributed by atoms with Crippen molar-refractivity contribution in [3.05, 3.63) is 71.5 Å². The molecule has 0 radical (unpaired) electrons. The van der Waals surface area contributed by atoms with Crippen LogP contribution in [0.15, 0.2) is 66.0 Å². The van der Waals surface area contributed by atoms with E-state index >= 15 is 0 Å². The van der Waals surface area contributed by atoms with Gasteiger partial charge in [0.25, 0.3) is 5.56 Å². The summed E-state index contributed by atoms with van der Waals surface area (Å²) < 4.78 is 3.57. The zero-order valence-corrected chi connectivity index (χ0v) is 15.4. The standard InChI is InChI=1S/C21H21N5O2/c27-19(9-14-26-15-24-18-7-2-1-6-17(18)21(26)28)22-11-4-12-25-13-8-16-5-3-10-23-20(16)25/h1-3,5-8,10,13,15H,4,9,11-12,14H2,(H,22,27). The van der Waals surface area contributed by atoms with Crippen LogP contribution in [0, 0.1) is 0 Å². The van der Waals surface area contributed by atoms with Crippen LogP contribution in [0.4, 0.5) is 0 Å². The number of aromatic nitrogens is 4. The first-order valence-corrected chi connectivity index (χ1v) is 9.33. The minimum absolute atomic E-state index is 0.0736. The minimum atomic E-state index is -0.120. The molecule has 28 heavy (non-hydrogen) atoms. The second kappa shape index (κ2) is 8.04. The number of pyridine rings is 1. The van der Waals surface area contributed by atoms with E-state index in [0.29, 0.717) is 24.0 Å². The highest BCUT2D eigenvalue weighted by atomic mass is 16.1. The zero-order chi connectivity index (χ0) is 19.3. The van der Waals surface area contributed by atoms with Crippen LogP contribution in [0.3, 0.4) is 0 Å². The molecule has 3 aromatic heterocycles. The molecular formula is C21H21N5O2. The number of carbonyl (C=O) groups is 1. The number of nitrogens with one attached hydrogen (secondary N) is 1. The maximum atomic E-state index is 12.4. The molecule has 4 aromatic rings. The van der Waals surface area contributed by atoms with Crippen LogP contribution in [0.1, 0.15) is 12.8 Å². The number of aryl methyl sites for hydroxylation is 2. The van der Waals surface area contributed by atoms with Gasteiger partial charge in [0.15, 0.2) is 0 Å². The van der Waals surface area contributed by atoms with E-state index < -0.39 is 0 Å². The van der Waals surface area contributed by atoms with Gasteiger partial charge in [-0.1, -0.05) is 12.1 Å². The molecule has 0 fully saturated rings. The summed E-state index contributed by atoms with van der Waals surface area (Å²) in [5, 5.41) is 4.59. The van der Waals surface area contributed by atoms with Gasteiger partial charge >= 0.3 is 0 Å². The Morgan fingerprint density at radius 3 is 2.82 bits per heavy atom. The molecular weight excluding hydrogens is 354 g/mol. The van der Waals surface area contributed by atoms with Gasteiger partial charge in [-0.15, -0.1) is 0 Å². The molecule has 4 rings (SSSR count). The van der Waals surface area contributed by atoms with Gasteiger partial charge in [0.2, 0.25) is 5.91 Å². The number of para-hydroxylation sites is 1. The van der Waals surface area contributed by atoms with Crippen LogP contribution in [0.2, 0.25) is 0 Å². The Hall–Kier alpha value is -3.48. The molecule has 1 N–H and O–H groups in total. The van der Waals surface area contributed by atoms with E-state index in [9.17, 15) is 9.59 Å². The van der Waals surface area contributed by atoms with E-state index in [-0.39, 0.29) is 17.9 Å². The largest absolute Gasteiger partial charge is 0.356 e. The molecule has 1 aromatic carbocycles. The summed E-state index contributed by atoms with van der Waals surface area (Å²) in [6, 6.07) is 13.2. The van der Waals surface area contributed by atoms with Crippen molar-refractivity contribution in [2.75, 3.05) is 6.54 Å². The van der Waals surface area contributed by atoms with Crippen LogP contribution in [0.25, 0.3) is 21.9 Å². The fraction of sp³-hybridized carbons (Fsp3) is 0.238. The Morgan fingerprint density at radius 1 is 1.00 bits per heavy atom. The average molecular weight is 375 g/mol. The Balaban J connectivity index is 1.26. The molecule has 0 atom stereocenters. The van der Waals surface area contributed by atoms with Crippen molar-refractivity contribution in [2.45, 2.75) is 25.9 Å². The predicted molar refractivity (Wildman–Crippen MR) is 108 cm³/mol. The highest BCUT2D eigenvalue weighted by Gasteiger charge is 2.06. The van der Waals surface area contributed by atoms with Crippen molar-refractivity contribution in [1.29, 1.82) is 0 Å². The third-order valence-electron chi connectivity index (χ3n) is 4.73. The van der Waals surface area contributed by atoms with Gasteiger partial charge in [-0.25, -0.2) is 9.97 Å². The zero-order valence-electron chi connectivity index (χ0n) is 15.4. The molecule has 3 heterocycles. The molecule has 142 valence electrons.